The fourth-order valence-corrected chi connectivity index (χ4v) is 4.33. The fraction of sp³-hybridized carbons (Fsp3) is 0.667. The van der Waals surface area contributed by atoms with Crippen LogP contribution in [0.15, 0.2) is 36.7 Å². The Morgan fingerprint density at radius 1 is 0.594 bits per heavy atom. The van der Waals surface area contributed by atoms with Crippen molar-refractivity contribution in [2.75, 3.05) is 0 Å². The van der Waals surface area contributed by atoms with Crippen LogP contribution in [0.5, 0.6) is 0 Å². The van der Waals surface area contributed by atoms with Gasteiger partial charge in [0.2, 0.25) is 0 Å². The Bertz CT molecular complexity index is 688. The van der Waals surface area contributed by atoms with Crippen LogP contribution in [0.25, 0.3) is 11.4 Å². The van der Waals surface area contributed by atoms with Crippen LogP contribution in [0.1, 0.15) is 122 Å². The molecule has 2 aromatic rings. The first kappa shape index (κ1) is 26.6. The number of aromatic nitrogens is 2. The normalized spacial score (nSPS) is 11.4. The summed E-state index contributed by atoms with van der Waals surface area (Å²) in [4.78, 5) is 9.27. The predicted molar refractivity (Wildman–Crippen MR) is 140 cm³/mol. The average molecular weight is 437 g/mol. The zero-order chi connectivity index (χ0) is 22.9. The number of hydrogen-bond donors (Lipinski definition) is 0. The van der Waals surface area contributed by atoms with Gasteiger partial charge in [0.05, 0.1) is 0 Å². The van der Waals surface area contributed by atoms with E-state index in [-0.39, 0.29) is 0 Å². The molecule has 0 atom stereocenters. The van der Waals surface area contributed by atoms with Crippen molar-refractivity contribution >= 4 is 0 Å². The highest BCUT2D eigenvalue weighted by Crippen LogP contribution is 2.18. The van der Waals surface area contributed by atoms with Gasteiger partial charge in [-0.2, -0.15) is 0 Å². The molecule has 1 heterocycles. The van der Waals surface area contributed by atoms with Gasteiger partial charge in [0.15, 0.2) is 5.82 Å². The number of unbranched alkanes of at least 4 members (excludes halogenated alkanes) is 11. The van der Waals surface area contributed by atoms with E-state index in [0.29, 0.717) is 0 Å². The van der Waals surface area contributed by atoms with Gasteiger partial charge in [-0.3, -0.25) is 0 Å². The summed E-state index contributed by atoms with van der Waals surface area (Å²) < 4.78 is 0. The van der Waals surface area contributed by atoms with Gasteiger partial charge in [0.25, 0.3) is 0 Å². The van der Waals surface area contributed by atoms with E-state index >= 15 is 0 Å². The molecule has 2 heteroatoms. The maximum absolute atomic E-state index is 4.63. The Morgan fingerprint density at radius 3 is 1.66 bits per heavy atom. The molecule has 1 aromatic carbocycles. The first-order valence-electron chi connectivity index (χ1n) is 13.6. The first-order chi connectivity index (χ1) is 15.7. The van der Waals surface area contributed by atoms with Gasteiger partial charge in [-0.25, -0.2) is 9.97 Å². The number of hydrogen-bond acceptors (Lipinski definition) is 2. The van der Waals surface area contributed by atoms with Gasteiger partial charge in [-0.15, -0.1) is 0 Å². The van der Waals surface area contributed by atoms with Crippen molar-refractivity contribution in [2.24, 2.45) is 5.92 Å². The monoisotopic (exact) mass is 436 g/mol. The summed E-state index contributed by atoms with van der Waals surface area (Å²) in [6.45, 7) is 6.91. The quantitative estimate of drug-likeness (QED) is 0.217. The summed E-state index contributed by atoms with van der Waals surface area (Å²) in [6.07, 6.45) is 25.4. The van der Waals surface area contributed by atoms with Gasteiger partial charge in [0, 0.05) is 18.0 Å². The van der Waals surface area contributed by atoms with Gasteiger partial charge in [0.1, 0.15) is 0 Å². The third kappa shape index (κ3) is 11.8. The second-order valence-electron chi connectivity index (χ2n) is 10.0. The highest BCUT2D eigenvalue weighted by atomic mass is 14.9. The lowest BCUT2D eigenvalue weighted by atomic mass is 10.0. The fourth-order valence-electron chi connectivity index (χ4n) is 4.33. The Morgan fingerprint density at radius 2 is 1.09 bits per heavy atom. The Hall–Kier alpha value is -1.70. The topological polar surface area (TPSA) is 25.8 Å². The average Bonchev–Trinajstić information content (AvgIpc) is 2.81. The molecule has 0 bridgehead atoms. The molecule has 2 rings (SSSR count). The molecule has 32 heavy (non-hydrogen) atoms. The van der Waals surface area contributed by atoms with E-state index in [9.17, 15) is 0 Å². The van der Waals surface area contributed by atoms with Crippen molar-refractivity contribution in [1.82, 2.24) is 9.97 Å². The van der Waals surface area contributed by atoms with E-state index in [4.69, 9.17) is 0 Å². The molecule has 0 unspecified atom stereocenters. The maximum atomic E-state index is 4.63. The summed E-state index contributed by atoms with van der Waals surface area (Å²) in [6, 6.07) is 8.87. The van der Waals surface area contributed by atoms with Gasteiger partial charge in [-0.1, -0.05) is 122 Å². The molecule has 1 aromatic heterocycles. The van der Waals surface area contributed by atoms with Crippen LogP contribution >= 0.6 is 0 Å². The second-order valence-corrected chi connectivity index (χ2v) is 10.0. The van der Waals surface area contributed by atoms with E-state index < -0.39 is 0 Å². The number of nitrogens with zero attached hydrogens (tertiary/aromatic N) is 2. The summed E-state index contributed by atoms with van der Waals surface area (Å²) in [7, 11) is 0. The second kappa shape index (κ2) is 16.9. The molecule has 0 aliphatic rings. The summed E-state index contributed by atoms with van der Waals surface area (Å²) in [5, 5.41) is 0. The van der Waals surface area contributed by atoms with Crippen LogP contribution in [-0.4, -0.2) is 9.97 Å². The summed E-state index contributed by atoms with van der Waals surface area (Å²) >= 11 is 0. The SMILES string of the molecule is CCCCCCCCCCCc1cnc(-c2ccc(CCCCCCC(C)C)cc2)nc1. The lowest BCUT2D eigenvalue weighted by Gasteiger charge is -2.06. The largest absolute Gasteiger partial charge is 0.236 e. The molecule has 0 aliphatic heterocycles. The zero-order valence-corrected chi connectivity index (χ0v) is 21.2. The highest BCUT2D eigenvalue weighted by Gasteiger charge is 2.03. The standard InChI is InChI=1S/C30H48N2/c1-4-5-6-7-8-9-10-11-16-19-28-24-31-30(32-25-28)29-22-20-27(21-23-29)18-15-13-12-14-17-26(2)3/h20-26H,4-19H2,1-3H3. The van der Waals surface area contributed by atoms with Gasteiger partial charge < -0.3 is 0 Å². The Balaban J connectivity index is 1.61. The molecule has 178 valence electrons. The summed E-state index contributed by atoms with van der Waals surface area (Å²) in [5.74, 6) is 1.69. The van der Waals surface area contributed by atoms with E-state index in [2.05, 4.69) is 55.0 Å². The maximum Gasteiger partial charge on any atom is 0.159 e. The molecule has 0 saturated heterocycles. The number of benzene rings is 1. The van der Waals surface area contributed by atoms with E-state index in [0.717, 1.165) is 23.7 Å². The van der Waals surface area contributed by atoms with E-state index in [1.54, 1.807) is 0 Å². The van der Waals surface area contributed by atoms with Crippen molar-refractivity contribution in [2.45, 2.75) is 124 Å². The molecule has 0 saturated carbocycles. The summed E-state index contributed by atoms with van der Waals surface area (Å²) in [5.41, 5.74) is 3.82. The van der Waals surface area contributed by atoms with Crippen molar-refractivity contribution in [3.05, 3.63) is 47.8 Å². The van der Waals surface area contributed by atoms with Crippen molar-refractivity contribution < 1.29 is 0 Å². The molecule has 0 spiro atoms. The lowest BCUT2D eigenvalue weighted by Crippen LogP contribution is -1.94. The van der Waals surface area contributed by atoms with Crippen LogP contribution in [-0.2, 0) is 12.8 Å². The number of aryl methyl sites for hydroxylation is 2. The Kier molecular flexibility index (Phi) is 14.0. The first-order valence-corrected chi connectivity index (χ1v) is 13.6. The van der Waals surface area contributed by atoms with Crippen LogP contribution < -0.4 is 0 Å². The highest BCUT2D eigenvalue weighted by molar-refractivity contribution is 5.55. The molecule has 0 N–H and O–H groups in total. The van der Waals surface area contributed by atoms with Crippen molar-refractivity contribution in [3.63, 3.8) is 0 Å². The van der Waals surface area contributed by atoms with Crippen molar-refractivity contribution in [3.8, 4) is 11.4 Å². The molecular weight excluding hydrogens is 388 g/mol. The Labute approximate surface area is 198 Å². The molecular formula is C30H48N2. The zero-order valence-electron chi connectivity index (χ0n) is 21.2. The molecule has 0 fully saturated rings. The van der Waals surface area contributed by atoms with Gasteiger partial charge >= 0.3 is 0 Å². The smallest absolute Gasteiger partial charge is 0.159 e. The molecule has 0 aliphatic carbocycles. The predicted octanol–water partition coefficient (Wildman–Crippen LogP) is 9.37. The lowest BCUT2D eigenvalue weighted by molar-refractivity contribution is 0.520. The van der Waals surface area contributed by atoms with E-state index in [1.807, 2.05) is 12.4 Å². The van der Waals surface area contributed by atoms with Crippen LogP contribution in [0.2, 0.25) is 0 Å². The minimum atomic E-state index is 0.841. The third-order valence-corrected chi connectivity index (χ3v) is 6.48. The van der Waals surface area contributed by atoms with Crippen LogP contribution in [0.3, 0.4) is 0 Å². The molecule has 2 nitrogen and oxygen atoms in total. The van der Waals surface area contributed by atoms with Crippen LogP contribution in [0, 0.1) is 5.92 Å². The number of rotatable bonds is 18. The molecule has 0 amide bonds. The third-order valence-electron chi connectivity index (χ3n) is 6.48. The molecule has 0 radical (unpaired) electrons. The van der Waals surface area contributed by atoms with Crippen LogP contribution in [0.4, 0.5) is 0 Å². The van der Waals surface area contributed by atoms with Crippen molar-refractivity contribution in [1.29, 1.82) is 0 Å². The van der Waals surface area contributed by atoms with Gasteiger partial charge in [-0.05, 0) is 42.7 Å². The minimum absolute atomic E-state index is 0.841. The minimum Gasteiger partial charge on any atom is -0.236 e. The van der Waals surface area contributed by atoms with E-state index in [1.165, 1.54) is 107 Å².